The molecule has 0 spiro atoms. The molecule has 1 aromatic rings. The monoisotopic (exact) mass is 248 g/mol. The number of rotatable bonds is 5. The van der Waals surface area contributed by atoms with Crippen molar-refractivity contribution in [3.05, 3.63) is 35.4 Å². The Balaban J connectivity index is 2.67. The van der Waals surface area contributed by atoms with Crippen LogP contribution in [-0.2, 0) is 10.2 Å². The average Bonchev–Trinajstić information content (AvgIpc) is 2.28. The summed E-state index contributed by atoms with van der Waals surface area (Å²) in [5, 5.41) is 2.99. The first-order valence-corrected chi connectivity index (χ1v) is 6.34. The molecule has 18 heavy (non-hydrogen) atoms. The first-order chi connectivity index (χ1) is 8.34. The minimum Gasteiger partial charge on any atom is -0.354 e. The number of amides is 1. The number of nitrogens with zero attached hydrogens (tertiary/aromatic N) is 1. The lowest BCUT2D eigenvalue weighted by molar-refractivity contribution is -0.125. The molecule has 3 nitrogen and oxygen atoms in total. The van der Waals surface area contributed by atoms with E-state index in [0.29, 0.717) is 6.54 Å². The number of carbonyl (C=O) groups is 1. The molecule has 0 aliphatic carbocycles. The van der Waals surface area contributed by atoms with Crippen molar-refractivity contribution in [3.8, 4) is 0 Å². The summed E-state index contributed by atoms with van der Waals surface area (Å²) in [6.07, 6.45) is 0. The highest BCUT2D eigenvalue weighted by atomic mass is 16.2. The Kier molecular flexibility index (Phi) is 4.91. The van der Waals surface area contributed by atoms with Crippen LogP contribution in [0.3, 0.4) is 0 Å². The third-order valence-corrected chi connectivity index (χ3v) is 3.19. The number of carbonyl (C=O) groups excluding carboxylic acids is 1. The van der Waals surface area contributed by atoms with Crippen LogP contribution in [0.25, 0.3) is 0 Å². The van der Waals surface area contributed by atoms with Gasteiger partial charge in [0.05, 0.1) is 5.41 Å². The molecule has 0 heterocycles. The van der Waals surface area contributed by atoms with Gasteiger partial charge in [0.15, 0.2) is 0 Å². The van der Waals surface area contributed by atoms with Gasteiger partial charge in [0, 0.05) is 13.1 Å². The van der Waals surface area contributed by atoms with Crippen molar-refractivity contribution in [1.29, 1.82) is 0 Å². The van der Waals surface area contributed by atoms with Crippen LogP contribution in [0.5, 0.6) is 0 Å². The zero-order valence-electron chi connectivity index (χ0n) is 12.1. The van der Waals surface area contributed by atoms with E-state index in [1.165, 1.54) is 5.56 Å². The van der Waals surface area contributed by atoms with E-state index in [9.17, 15) is 4.79 Å². The molecule has 0 aliphatic heterocycles. The maximum atomic E-state index is 12.2. The molecule has 0 aliphatic rings. The summed E-state index contributed by atoms with van der Waals surface area (Å²) in [5.41, 5.74) is 1.78. The molecular weight excluding hydrogens is 224 g/mol. The minimum atomic E-state index is -0.486. The first kappa shape index (κ1) is 14.7. The molecule has 3 heteroatoms. The Hall–Kier alpha value is -1.35. The summed E-state index contributed by atoms with van der Waals surface area (Å²) in [5.74, 6) is 0.0770. The van der Waals surface area contributed by atoms with Gasteiger partial charge in [0.2, 0.25) is 5.91 Å². The molecule has 1 amide bonds. The molecule has 1 aromatic carbocycles. The molecule has 0 saturated carbocycles. The zero-order valence-corrected chi connectivity index (χ0v) is 12.1. The van der Waals surface area contributed by atoms with E-state index >= 15 is 0 Å². The van der Waals surface area contributed by atoms with Crippen LogP contribution in [0, 0.1) is 6.92 Å². The number of hydrogen-bond acceptors (Lipinski definition) is 2. The summed E-state index contributed by atoms with van der Waals surface area (Å²) in [6, 6.07) is 8.15. The minimum absolute atomic E-state index is 0.0770. The summed E-state index contributed by atoms with van der Waals surface area (Å²) in [7, 11) is 3.99. The Morgan fingerprint density at radius 2 is 1.78 bits per heavy atom. The van der Waals surface area contributed by atoms with Gasteiger partial charge in [-0.2, -0.15) is 0 Å². The van der Waals surface area contributed by atoms with Gasteiger partial charge in [-0.15, -0.1) is 0 Å². The van der Waals surface area contributed by atoms with Crippen molar-refractivity contribution in [2.24, 2.45) is 0 Å². The number of hydrogen-bond donors (Lipinski definition) is 1. The normalized spacial score (nSPS) is 11.7. The Morgan fingerprint density at radius 3 is 2.28 bits per heavy atom. The highest BCUT2D eigenvalue weighted by Gasteiger charge is 2.29. The van der Waals surface area contributed by atoms with Gasteiger partial charge in [0.1, 0.15) is 0 Å². The molecule has 100 valence electrons. The van der Waals surface area contributed by atoms with Crippen LogP contribution >= 0.6 is 0 Å². The summed E-state index contributed by atoms with van der Waals surface area (Å²) in [6.45, 7) is 7.51. The van der Waals surface area contributed by atoms with Gasteiger partial charge in [-0.3, -0.25) is 4.79 Å². The second kappa shape index (κ2) is 6.01. The Morgan fingerprint density at radius 1 is 1.22 bits per heavy atom. The standard InChI is InChI=1S/C15H24N2O/c1-12-6-8-13(9-7-12)15(2,3)14(18)16-10-11-17(4)5/h6-9H,10-11H2,1-5H3,(H,16,18). The van der Waals surface area contributed by atoms with E-state index in [1.807, 2.05) is 59.1 Å². The summed E-state index contributed by atoms with van der Waals surface area (Å²) in [4.78, 5) is 14.3. The molecule has 0 aromatic heterocycles. The lowest BCUT2D eigenvalue weighted by Crippen LogP contribution is -2.42. The van der Waals surface area contributed by atoms with Crippen LogP contribution in [0.4, 0.5) is 0 Å². The lowest BCUT2D eigenvalue weighted by Gasteiger charge is -2.24. The quantitative estimate of drug-likeness (QED) is 0.864. The molecular formula is C15H24N2O. The molecule has 0 fully saturated rings. The van der Waals surface area contributed by atoms with Gasteiger partial charge in [-0.25, -0.2) is 0 Å². The molecule has 0 radical (unpaired) electrons. The van der Waals surface area contributed by atoms with Crippen LogP contribution in [0.15, 0.2) is 24.3 Å². The van der Waals surface area contributed by atoms with Crippen LogP contribution in [-0.4, -0.2) is 38.0 Å². The van der Waals surface area contributed by atoms with Crippen molar-refractivity contribution in [3.63, 3.8) is 0 Å². The predicted octanol–water partition coefficient (Wildman–Crippen LogP) is 1.95. The van der Waals surface area contributed by atoms with Crippen molar-refractivity contribution in [2.75, 3.05) is 27.2 Å². The first-order valence-electron chi connectivity index (χ1n) is 6.34. The van der Waals surface area contributed by atoms with Crippen LogP contribution < -0.4 is 5.32 Å². The van der Waals surface area contributed by atoms with Crippen molar-refractivity contribution < 1.29 is 4.79 Å². The maximum Gasteiger partial charge on any atom is 0.230 e. The van der Waals surface area contributed by atoms with E-state index in [2.05, 4.69) is 10.2 Å². The fourth-order valence-electron chi connectivity index (χ4n) is 1.72. The second-order valence-electron chi connectivity index (χ2n) is 5.55. The van der Waals surface area contributed by atoms with Gasteiger partial charge >= 0.3 is 0 Å². The number of nitrogens with one attached hydrogen (secondary N) is 1. The van der Waals surface area contributed by atoms with Gasteiger partial charge in [-0.1, -0.05) is 29.8 Å². The van der Waals surface area contributed by atoms with Gasteiger partial charge in [-0.05, 0) is 40.4 Å². The van der Waals surface area contributed by atoms with E-state index in [0.717, 1.165) is 12.1 Å². The maximum absolute atomic E-state index is 12.2. The lowest BCUT2D eigenvalue weighted by atomic mass is 9.83. The summed E-state index contributed by atoms with van der Waals surface area (Å²) < 4.78 is 0. The smallest absolute Gasteiger partial charge is 0.230 e. The van der Waals surface area contributed by atoms with Crippen molar-refractivity contribution in [1.82, 2.24) is 10.2 Å². The number of benzene rings is 1. The molecule has 0 atom stereocenters. The fraction of sp³-hybridized carbons (Fsp3) is 0.533. The van der Waals surface area contributed by atoms with E-state index in [-0.39, 0.29) is 5.91 Å². The van der Waals surface area contributed by atoms with E-state index in [1.54, 1.807) is 0 Å². The Bertz CT molecular complexity index is 393. The predicted molar refractivity (Wildman–Crippen MR) is 75.8 cm³/mol. The SMILES string of the molecule is Cc1ccc(C(C)(C)C(=O)NCCN(C)C)cc1. The Labute approximate surface area is 110 Å². The molecule has 1 N–H and O–H groups in total. The molecule has 0 bridgehead atoms. The van der Waals surface area contributed by atoms with Crippen LogP contribution in [0.1, 0.15) is 25.0 Å². The topological polar surface area (TPSA) is 32.3 Å². The van der Waals surface area contributed by atoms with Crippen molar-refractivity contribution in [2.45, 2.75) is 26.2 Å². The second-order valence-corrected chi connectivity index (χ2v) is 5.55. The largest absolute Gasteiger partial charge is 0.354 e. The summed E-state index contributed by atoms with van der Waals surface area (Å²) >= 11 is 0. The van der Waals surface area contributed by atoms with Gasteiger partial charge < -0.3 is 10.2 Å². The van der Waals surface area contributed by atoms with E-state index in [4.69, 9.17) is 0 Å². The average molecular weight is 248 g/mol. The fourth-order valence-corrected chi connectivity index (χ4v) is 1.72. The highest BCUT2D eigenvalue weighted by molar-refractivity contribution is 5.87. The molecule has 0 saturated heterocycles. The third-order valence-electron chi connectivity index (χ3n) is 3.19. The van der Waals surface area contributed by atoms with Crippen molar-refractivity contribution >= 4 is 5.91 Å². The molecule has 0 unspecified atom stereocenters. The number of likely N-dealkylation sites (N-methyl/N-ethyl adjacent to an activating group) is 1. The zero-order chi connectivity index (χ0) is 13.8. The molecule has 1 rings (SSSR count). The van der Waals surface area contributed by atoms with E-state index < -0.39 is 5.41 Å². The third kappa shape index (κ3) is 3.84. The number of aryl methyl sites for hydroxylation is 1. The van der Waals surface area contributed by atoms with Crippen LogP contribution in [0.2, 0.25) is 0 Å². The van der Waals surface area contributed by atoms with Gasteiger partial charge in [0.25, 0.3) is 0 Å². The highest BCUT2D eigenvalue weighted by Crippen LogP contribution is 2.23.